The number of urea groups is 1. The lowest BCUT2D eigenvalue weighted by atomic mass is 9.77. The van der Waals surface area contributed by atoms with E-state index in [1.54, 1.807) is 0 Å². The van der Waals surface area contributed by atoms with E-state index in [9.17, 15) is 23.6 Å². The van der Waals surface area contributed by atoms with Gasteiger partial charge in [0.1, 0.15) is 11.4 Å². The number of carbonyl (C=O) groups excluding carboxylic acids is 4. The number of halogens is 2. The van der Waals surface area contributed by atoms with Crippen molar-refractivity contribution in [1.29, 1.82) is 0 Å². The van der Waals surface area contributed by atoms with Crippen molar-refractivity contribution in [3.63, 3.8) is 0 Å². The maximum Gasteiger partial charge on any atom is 0.344 e. The summed E-state index contributed by atoms with van der Waals surface area (Å²) in [6.07, 6.45) is 2.57. The maximum atomic E-state index is 13.7. The molecule has 1 spiro atoms. The third-order valence-corrected chi connectivity index (χ3v) is 5.25. The van der Waals surface area contributed by atoms with E-state index in [1.165, 1.54) is 6.07 Å². The Morgan fingerprint density at radius 1 is 1.36 bits per heavy atom. The van der Waals surface area contributed by atoms with Gasteiger partial charge in [-0.05, 0) is 49.8 Å². The van der Waals surface area contributed by atoms with Crippen LogP contribution < -0.4 is 10.7 Å². The lowest BCUT2D eigenvalue weighted by Crippen LogP contribution is -2.52. The highest BCUT2D eigenvalue weighted by atomic mass is 35.5. The summed E-state index contributed by atoms with van der Waals surface area (Å²) in [7, 11) is 0. The van der Waals surface area contributed by atoms with Crippen molar-refractivity contribution in [3.05, 3.63) is 34.6 Å². The van der Waals surface area contributed by atoms with E-state index in [1.807, 2.05) is 0 Å². The van der Waals surface area contributed by atoms with Gasteiger partial charge in [-0.25, -0.2) is 14.0 Å². The van der Waals surface area contributed by atoms with E-state index in [0.29, 0.717) is 23.8 Å². The number of amides is 4. The predicted molar refractivity (Wildman–Crippen MR) is 95.6 cm³/mol. The molecule has 2 N–H and O–H groups in total. The molecule has 0 bridgehead atoms. The van der Waals surface area contributed by atoms with Gasteiger partial charge in [0.05, 0.1) is 5.56 Å². The van der Waals surface area contributed by atoms with Gasteiger partial charge in [0, 0.05) is 5.02 Å². The summed E-state index contributed by atoms with van der Waals surface area (Å²) in [6.45, 7) is 1.29. The summed E-state index contributed by atoms with van der Waals surface area (Å²) < 4.78 is 18.4. The summed E-state index contributed by atoms with van der Waals surface area (Å²) in [5, 5.41) is 3.37. The minimum Gasteiger partial charge on any atom is -0.452 e. The fourth-order valence-electron chi connectivity index (χ4n) is 3.34. The van der Waals surface area contributed by atoms with Crippen molar-refractivity contribution in [2.75, 3.05) is 6.61 Å². The monoisotopic (exact) mass is 411 g/mol. The van der Waals surface area contributed by atoms with Crippen LogP contribution in [0.1, 0.15) is 43.0 Å². The molecule has 1 aliphatic heterocycles. The molecule has 1 aliphatic carbocycles. The molecule has 1 saturated carbocycles. The molecule has 0 aromatic heterocycles. The molecule has 1 aromatic rings. The van der Waals surface area contributed by atoms with Gasteiger partial charge in [-0.2, -0.15) is 5.01 Å². The topological polar surface area (TPSA) is 105 Å². The van der Waals surface area contributed by atoms with Crippen LogP contribution >= 0.6 is 11.6 Å². The Hall–Kier alpha value is -2.68. The first-order valence-electron chi connectivity index (χ1n) is 8.80. The molecule has 3 rings (SSSR count). The zero-order valence-electron chi connectivity index (χ0n) is 15.1. The average Bonchev–Trinajstić information content (AvgIpc) is 2.86. The summed E-state index contributed by atoms with van der Waals surface area (Å²) in [5.74, 6) is -2.92. The molecule has 0 radical (unpaired) electrons. The molecule has 0 unspecified atom stereocenters. The average molecular weight is 412 g/mol. The first-order chi connectivity index (χ1) is 13.2. The highest BCUT2D eigenvalue weighted by molar-refractivity contribution is 6.30. The van der Waals surface area contributed by atoms with E-state index >= 15 is 0 Å². The molecule has 1 aromatic carbocycles. The highest BCUT2D eigenvalue weighted by Gasteiger charge is 2.52. The molecule has 10 heteroatoms. The van der Waals surface area contributed by atoms with Crippen LogP contribution in [0.3, 0.4) is 0 Å². The number of imide groups is 1. The van der Waals surface area contributed by atoms with Crippen molar-refractivity contribution in [1.82, 2.24) is 15.8 Å². The molecule has 28 heavy (non-hydrogen) atoms. The highest BCUT2D eigenvalue weighted by Crippen LogP contribution is 2.35. The lowest BCUT2D eigenvalue weighted by molar-refractivity contribution is -0.141. The van der Waals surface area contributed by atoms with Gasteiger partial charge >= 0.3 is 12.0 Å². The number of nitrogens with zero attached hydrogens (tertiary/aromatic N) is 1. The molecule has 1 heterocycles. The van der Waals surface area contributed by atoms with Crippen LogP contribution in [0.25, 0.3) is 0 Å². The quantitative estimate of drug-likeness (QED) is 0.583. The molecule has 8 nitrogen and oxygen atoms in total. The molecular formula is C18H19ClFN3O5. The Labute approximate surface area is 165 Å². The predicted octanol–water partition coefficient (Wildman–Crippen LogP) is 2.17. The normalized spacial score (nSPS) is 24.2. The molecule has 4 amide bonds. The zero-order chi connectivity index (χ0) is 20.5. The minimum atomic E-state index is -1.07. The first kappa shape index (κ1) is 20.1. The largest absolute Gasteiger partial charge is 0.452 e. The number of esters is 1. The van der Waals surface area contributed by atoms with Gasteiger partial charge < -0.3 is 10.1 Å². The van der Waals surface area contributed by atoms with Crippen LogP contribution in [0.5, 0.6) is 0 Å². The number of hydrogen-bond acceptors (Lipinski definition) is 5. The fourth-order valence-corrected chi connectivity index (χ4v) is 3.50. The Kier molecular flexibility index (Phi) is 5.55. The number of ether oxygens (including phenoxy) is 1. The molecule has 2 aliphatic rings. The second-order valence-corrected chi connectivity index (χ2v) is 7.51. The van der Waals surface area contributed by atoms with Gasteiger partial charge in [-0.3, -0.25) is 15.0 Å². The Balaban J connectivity index is 1.57. The van der Waals surface area contributed by atoms with Crippen LogP contribution in [-0.4, -0.2) is 41.0 Å². The standard InChI is InChI=1S/C18H19ClFN3O5/c1-10-4-6-18(7-5-10)16(26)23(17(27)21-18)22-14(24)9-28-15(25)12-3-2-11(19)8-13(12)20/h2-3,8,10H,4-7,9H2,1H3,(H,21,27)(H,22,24). The van der Waals surface area contributed by atoms with Gasteiger partial charge in [0.25, 0.3) is 11.8 Å². The van der Waals surface area contributed by atoms with E-state index in [-0.39, 0.29) is 10.6 Å². The zero-order valence-corrected chi connectivity index (χ0v) is 15.8. The number of hydrogen-bond donors (Lipinski definition) is 2. The Morgan fingerprint density at radius 2 is 2.04 bits per heavy atom. The van der Waals surface area contributed by atoms with E-state index in [4.69, 9.17) is 16.3 Å². The van der Waals surface area contributed by atoms with Crippen LogP contribution in [-0.2, 0) is 14.3 Å². The van der Waals surface area contributed by atoms with Crippen molar-refractivity contribution >= 4 is 35.4 Å². The summed E-state index contributed by atoms with van der Waals surface area (Å²) in [6, 6.07) is 2.64. The number of benzene rings is 1. The Morgan fingerprint density at radius 3 is 2.68 bits per heavy atom. The molecular weight excluding hydrogens is 393 g/mol. The number of rotatable bonds is 4. The molecule has 2 fully saturated rings. The number of hydrazine groups is 1. The molecule has 0 atom stereocenters. The SMILES string of the molecule is CC1CCC2(CC1)NC(=O)N(NC(=O)COC(=O)c1ccc(Cl)cc1F)C2=O. The van der Waals surface area contributed by atoms with Crippen LogP contribution in [0.2, 0.25) is 5.02 Å². The first-order valence-corrected chi connectivity index (χ1v) is 9.18. The molecule has 150 valence electrons. The maximum absolute atomic E-state index is 13.7. The van der Waals surface area contributed by atoms with Crippen LogP contribution in [0.4, 0.5) is 9.18 Å². The second-order valence-electron chi connectivity index (χ2n) is 7.07. The van der Waals surface area contributed by atoms with Crippen LogP contribution in [0, 0.1) is 11.7 Å². The summed E-state index contributed by atoms with van der Waals surface area (Å²) in [4.78, 5) is 48.6. The van der Waals surface area contributed by atoms with E-state index < -0.39 is 41.8 Å². The number of nitrogens with one attached hydrogen (secondary N) is 2. The van der Waals surface area contributed by atoms with E-state index in [0.717, 1.165) is 25.0 Å². The van der Waals surface area contributed by atoms with Crippen molar-refractivity contribution in [2.24, 2.45) is 5.92 Å². The second kappa shape index (κ2) is 7.75. The smallest absolute Gasteiger partial charge is 0.344 e. The van der Waals surface area contributed by atoms with Crippen molar-refractivity contribution < 1.29 is 28.3 Å². The van der Waals surface area contributed by atoms with Gasteiger partial charge in [-0.15, -0.1) is 0 Å². The third-order valence-electron chi connectivity index (χ3n) is 5.01. The molecule has 1 saturated heterocycles. The lowest BCUT2D eigenvalue weighted by Gasteiger charge is -2.33. The summed E-state index contributed by atoms with van der Waals surface area (Å²) in [5.41, 5.74) is 0.746. The Bertz CT molecular complexity index is 839. The third kappa shape index (κ3) is 3.94. The fraction of sp³-hybridized carbons (Fsp3) is 0.444. The van der Waals surface area contributed by atoms with E-state index in [2.05, 4.69) is 17.7 Å². The van der Waals surface area contributed by atoms with Gasteiger partial charge in [0.15, 0.2) is 6.61 Å². The number of carbonyl (C=O) groups is 4. The van der Waals surface area contributed by atoms with Crippen molar-refractivity contribution in [3.8, 4) is 0 Å². The van der Waals surface area contributed by atoms with Crippen LogP contribution in [0.15, 0.2) is 18.2 Å². The minimum absolute atomic E-state index is 0.108. The van der Waals surface area contributed by atoms with Gasteiger partial charge in [0.2, 0.25) is 0 Å². The van der Waals surface area contributed by atoms with Gasteiger partial charge in [-0.1, -0.05) is 18.5 Å². The summed E-state index contributed by atoms with van der Waals surface area (Å²) >= 11 is 5.61. The van der Waals surface area contributed by atoms with Crippen molar-refractivity contribution in [2.45, 2.75) is 38.1 Å².